The van der Waals surface area contributed by atoms with Gasteiger partial charge in [0, 0.05) is 47.9 Å². The van der Waals surface area contributed by atoms with E-state index in [0.29, 0.717) is 31.5 Å². The molecule has 0 unspecified atom stereocenters. The summed E-state index contributed by atoms with van der Waals surface area (Å²) in [5.74, 6) is 0.0999. The van der Waals surface area contributed by atoms with Crippen LogP contribution in [0, 0.1) is 13.8 Å². The van der Waals surface area contributed by atoms with E-state index in [2.05, 4.69) is 5.32 Å². The van der Waals surface area contributed by atoms with Gasteiger partial charge in [0.15, 0.2) is 5.65 Å². The van der Waals surface area contributed by atoms with Gasteiger partial charge in [-0.25, -0.2) is 9.50 Å². The number of likely N-dealkylation sites (tertiary alicyclic amines) is 1. The molecule has 1 saturated heterocycles. The Hall–Kier alpha value is -3.74. The summed E-state index contributed by atoms with van der Waals surface area (Å²) in [7, 11) is 0. The fourth-order valence-electron chi connectivity index (χ4n) is 4.86. The summed E-state index contributed by atoms with van der Waals surface area (Å²) >= 11 is 0. The molecule has 2 aromatic heterocycles. The number of carbonyl (C=O) groups excluding carboxylic acids is 2. The van der Waals surface area contributed by atoms with Crippen LogP contribution in [0.2, 0.25) is 0 Å². The minimum atomic E-state index is -0.0505. The van der Waals surface area contributed by atoms with Crippen molar-refractivity contribution in [2.45, 2.75) is 45.6 Å². The van der Waals surface area contributed by atoms with Gasteiger partial charge in [0.05, 0.1) is 5.52 Å². The molecule has 2 amide bonds. The molecule has 0 aliphatic carbocycles. The highest BCUT2D eigenvalue weighted by atomic mass is 16.2. The normalized spacial score (nSPS) is 14.6. The summed E-state index contributed by atoms with van der Waals surface area (Å²) in [6, 6.07) is 17.4. The molecule has 4 aromatic rings. The Morgan fingerprint density at radius 1 is 1.00 bits per heavy atom. The molecule has 0 saturated carbocycles. The van der Waals surface area contributed by atoms with Crippen LogP contribution in [-0.4, -0.2) is 50.4 Å². The Morgan fingerprint density at radius 2 is 1.71 bits per heavy atom. The third kappa shape index (κ3) is 4.25. The predicted molar refractivity (Wildman–Crippen MR) is 132 cm³/mol. The molecule has 174 valence electrons. The lowest BCUT2D eigenvalue weighted by Gasteiger charge is -2.32. The molecule has 7 heteroatoms. The molecule has 7 nitrogen and oxygen atoms in total. The van der Waals surface area contributed by atoms with Crippen molar-refractivity contribution in [3.63, 3.8) is 0 Å². The van der Waals surface area contributed by atoms with Crippen molar-refractivity contribution in [1.82, 2.24) is 24.8 Å². The van der Waals surface area contributed by atoms with Crippen LogP contribution in [0.5, 0.6) is 0 Å². The van der Waals surface area contributed by atoms with Gasteiger partial charge >= 0.3 is 0 Å². The monoisotopic (exact) mass is 455 g/mol. The highest BCUT2D eigenvalue weighted by molar-refractivity contribution is 5.94. The van der Waals surface area contributed by atoms with Crippen LogP contribution < -0.4 is 5.32 Å². The summed E-state index contributed by atoms with van der Waals surface area (Å²) in [6.45, 7) is 5.39. The number of rotatable bonds is 5. The molecule has 0 bridgehead atoms. The van der Waals surface area contributed by atoms with Crippen LogP contribution >= 0.6 is 0 Å². The quantitative estimate of drug-likeness (QED) is 0.496. The number of fused-ring (bicyclic) bond motifs is 3. The molecule has 1 fully saturated rings. The van der Waals surface area contributed by atoms with Crippen molar-refractivity contribution in [1.29, 1.82) is 0 Å². The van der Waals surface area contributed by atoms with Gasteiger partial charge in [-0.1, -0.05) is 30.3 Å². The van der Waals surface area contributed by atoms with E-state index >= 15 is 0 Å². The number of amides is 2. The molecule has 5 rings (SSSR count). The van der Waals surface area contributed by atoms with Crippen molar-refractivity contribution in [3.8, 4) is 0 Å². The van der Waals surface area contributed by atoms with E-state index in [4.69, 9.17) is 10.1 Å². The first-order valence-corrected chi connectivity index (χ1v) is 11.9. The molecule has 0 atom stereocenters. The average Bonchev–Trinajstić information content (AvgIpc) is 3.23. The summed E-state index contributed by atoms with van der Waals surface area (Å²) in [4.78, 5) is 32.1. The maximum absolute atomic E-state index is 12.9. The van der Waals surface area contributed by atoms with Gasteiger partial charge in [-0.3, -0.25) is 9.59 Å². The van der Waals surface area contributed by atoms with Gasteiger partial charge in [-0.2, -0.15) is 5.10 Å². The number of piperidine rings is 1. The topological polar surface area (TPSA) is 79.6 Å². The number of hydrogen-bond acceptors (Lipinski definition) is 4. The standard InChI is InChI=1S/C27H29N5O2/c1-18-22(19(2)32-26(28-18)23-10-6-7-11-24(23)30-32)12-13-25(33)31-16-14-21(15-17-31)29-27(34)20-8-4-3-5-9-20/h3-11,21H,12-17H2,1-2H3,(H,29,34). The minimum absolute atomic E-state index is 0.0505. The highest BCUT2D eigenvalue weighted by Gasteiger charge is 2.24. The Bertz CT molecular complexity index is 1350. The fourth-order valence-corrected chi connectivity index (χ4v) is 4.86. The molecule has 1 aliphatic heterocycles. The molecular formula is C27H29N5O2. The number of aryl methyl sites for hydroxylation is 2. The van der Waals surface area contributed by atoms with E-state index in [1.807, 2.05) is 77.9 Å². The van der Waals surface area contributed by atoms with Crippen LogP contribution in [0.4, 0.5) is 0 Å². The maximum Gasteiger partial charge on any atom is 0.251 e. The third-order valence-corrected chi connectivity index (χ3v) is 6.83. The van der Waals surface area contributed by atoms with Crippen LogP contribution in [0.15, 0.2) is 54.6 Å². The summed E-state index contributed by atoms with van der Waals surface area (Å²) in [5.41, 5.74) is 5.52. The first-order valence-electron chi connectivity index (χ1n) is 11.9. The Labute approximate surface area is 198 Å². The lowest BCUT2D eigenvalue weighted by atomic mass is 10.0. The van der Waals surface area contributed by atoms with Crippen LogP contribution in [-0.2, 0) is 11.2 Å². The number of carbonyl (C=O) groups is 2. The van der Waals surface area contributed by atoms with Crippen molar-refractivity contribution in [2.75, 3.05) is 13.1 Å². The Kier molecular flexibility index (Phi) is 6.01. The second-order valence-electron chi connectivity index (χ2n) is 9.01. The number of nitrogens with one attached hydrogen (secondary N) is 1. The van der Waals surface area contributed by atoms with E-state index in [1.165, 1.54) is 0 Å². The summed E-state index contributed by atoms with van der Waals surface area (Å²) < 4.78 is 1.90. The second-order valence-corrected chi connectivity index (χ2v) is 9.01. The average molecular weight is 456 g/mol. The van der Waals surface area contributed by atoms with Crippen molar-refractivity contribution in [2.24, 2.45) is 0 Å². The minimum Gasteiger partial charge on any atom is -0.349 e. The summed E-state index contributed by atoms with van der Waals surface area (Å²) in [6.07, 6.45) is 2.63. The van der Waals surface area contributed by atoms with Crippen LogP contribution in [0.1, 0.15) is 46.6 Å². The van der Waals surface area contributed by atoms with Crippen LogP contribution in [0.3, 0.4) is 0 Å². The SMILES string of the molecule is Cc1nc2c3ccccc3nn2c(C)c1CCC(=O)N1CCC(NC(=O)c2ccccc2)CC1. The van der Waals surface area contributed by atoms with E-state index in [1.54, 1.807) is 0 Å². The van der Waals surface area contributed by atoms with E-state index in [-0.39, 0.29) is 17.9 Å². The van der Waals surface area contributed by atoms with E-state index in [0.717, 1.165) is 46.3 Å². The van der Waals surface area contributed by atoms with Crippen LogP contribution in [0.25, 0.3) is 16.6 Å². The zero-order valence-electron chi connectivity index (χ0n) is 19.6. The van der Waals surface area contributed by atoms with Gasteiger partial charge < -0.3 is 10.2 Å². The second kappa shape index (κ2) is 9.25. The Balaban J connectivity index is 1.20. The largest absolute Gasteiger partial charge is 0.349 e. The van der Waals surface area contributed by atoms with Crippen molar-refractivity contribution in [3.05, 3.63) is 77.1 Å². The highest BCUT2D eigenvalue weighted by Crippen LogP contribution is 2.23. The number of hydrogen-bond donors (Lipinski definition) is 1. The van der Waals surface area contributed by atoms with E-state index < -0.39 is 0 Å². The molecule has 2 aromatic carbocycles. The fraction of sp³-hybridized carbons (Fsp3) is 0.333. The smallest absolute Gasteiger partial charge is 0.251 e. The van der Waals surface area contributed by atoms with Gasteiger partial charge in [-0.15, -0.1) is 0 Å². The first kappa shape index (κ1) is 22.1. The summed E-state index contributed by atoms with van der Waals surface area (Å²) in [5, 5.41) is 8.85. The van der Waals surface area contributed by atoms with Gasteiger partial charge in [0.25, 0.3) is 5.91 Å². The van der Waals surface area contributed by atoms with Gasteiger partial charge in [-0.05, 0) is 62.9 Å². The number of nitrogens with zero attached hydrogens (tertiary/aromatic N) is 4. The molecule has 1 N–H and O–H groups in total. The van der Waals surface area contributed by atoms with Gasteiger partial charge in [0.2, 0.25) is 5.91 Å². The lowest BCUT2D eigenvalue weighted by Crippen LogP contribution is -2.46. The maximum atomic E-state index is 12.9. The molecule has 1 aliphatic rings. The van der Waals surface area contributed by atoms with E-state index in [9.17, 15) is 9.59 Å². The molecular weight excluding hydrogens is 426 g/mol. The molecule has 0 spiro atoms. The zero-order chi connectivity index (χ0) is 23.7. The Morgan fingerprint density at radius 3 is 2.47 bits per heavy atom. The zero-order valence-corrected chi connectivity index (χ0v) is 19.6. The van der Waals surface area contributed by atoms with Crippen molar-refractivity contribution >= 4 is 28.4 Å². The predicted octanol–water partition coefficient (Wildman–Crippen LogP) is 3.85. The van der Waals surface area contributed by atoms with Gasteiger partial charge in [0.1, 0.15) is 0 Å². The van der Waals surface area contributed by atoms with Crippen molar-refractivity contribution < 1.29 is 9.59 Å². The molecule has 34 heavy (non-hydrogen) atoms. The number of benzene rings is 2. The molecule has 3 heterocycles. The first-order chi connectivity index (χ1) is 16.5. The number of aromatic nitrogens is 3. The third-order valence-electron chi connectivity index (χ3n) is 6.83. The lowest BCUT2D eigenvalue weighted by molar-refractivity contribution is -0.132. The molecule has 0 radical (unpaired) electrons.